The third-order valence-corrected chi connectivity index (χ3v) is 3.56. The normalized spacial score (nSPS) is 21.2. The second-order valence-electron chi connectivity index (χ2n) is 5.14. The molecule has 104 valence electrons. The minimum atomic E-state index is -0.239. The first-order chi connectivity index (χ1) is 9.72. The Hall–Kier alpha value is -2.14. The van der Waals surface area contributed by atoms with E-state index in [1.165, 1.54) is 0 Å². The van der Waals surface area contributed by atoms with Gasteiger partial charge in [-0.05, 0) is 18.8 Å². The Bertz CT molecular complexity index is 588. The Morgan fingerprint density at radius 1 is 1.35 bits per heavy atom. The highest BCUT2D eigenvalue weighted by Gasteiger charge is 2.27. The van der Waals surface area contributed by atoms with E-state index in [0.29, 0.717) is 18.2 Å². The number of nitrogens with one attached hydrogen (secondary N) is 1. The molecule has 1 aliphatic carbocycles. The number of benzene rings is 1. The van der Waals surface area contributed by atoms with Crippen LogP contribution in [0.5, 0.6) is 0 Å². The number of nitrogens with zero attached hydrogens (tertiary/aromatic N) is 1. The van der Waals surface area contributed by atoms with Gasteiger partial charge in [0.1, 0.15) is 0 Å². The highest BCUT2D eigenvalue weighted by molar-refractivity contribution is 5.93. The fraction of sp³-hybridized carbons (Fsp3) is 0.333. The average molecular weight is 272 g/mol. The Kier molecular flexibility index (Phi) is 3.52. The van der Waals surface area contributed by atoms with Crippen molar-refractivity contribution in [3.05, 3.63) is 42.1 Å². The van der Waals surface area contributed by atoms with Gasteiger partial charge < -0.3 is 14.9 Å². The molecule has 3 rings (SSSR count). The van der Waals surface area contributed by atoms with Crippen molar-refractivity contribution in [2.45, 2.75) is 18.9 Å². The van der Waals surface area contributed by atoms with Crippen LogP contribution in [0.2, 0.25) is 0 Å². The predicted molar refractivity (Wildman–Crippen MR) is 73.0 cm³/mol. The molecule has 0 bridgehead atoms. The predicted octanol–water partition coefficient (Wildman–Crippen LogP) is 1.84. The van der Waals surface area contributed by atoms with Crippen molar-refractivity contribution in [3.63, 3.8) is 0 Å². The number of aromatic nitrogens is 1. The molecule has 0 spiro atoms. The summed E-state index contributed by atoms with van der Waals surface area (Å²) in [6, 6.07) is 11.2. The molecule has 1 fully saturated rings. The van der Waals surface area contributed by atoms with Gasteiger partial charge in [-0.25, -0.2) is 0 Å². The highest BCUT2D eigenvalue weighted by Crippen LogP contribution is 2.26. The molecule has 1 amide bonds. The van der Waals surface area contributed by atoms with Gasteiger partial charge in [0.05, 0.1) is 6.10 Å². The second kappa shape index (κ2) is 5.46. The molecule has 0 radical (unpaired) electrons. The number of aliphatic hydroxyl groups excluding tert-OH is 1. The minimum Gasteiger partial charge on any atom is -0.393 e. The molecule has 0 saturated heterocycles. The number of hydrogen-bond acceptors (Lipinski definition) is 4. The van der Waals surface area contributed by atoms with Crippen molar-refractivity contribution in [1.29, 1.82) is 0 Å². The van der Waals surface area contributed by atoms with Gasteiger partial charge in [-0.15, -0.1) is 0 Å². The van der Waals surface area contributed by atoms with E-state index in [2.05, 4.69) is 10.5 Å². The average Bonchev–Trinajstić information content (AvgIpc) is 2.93. The van der Waals surface area contributed by atoms with Crippen LogP contribution >= 0.6 is 0 Å². The highest BCUT2D eigenvalue weighted by atomic mass is 16.5. The lowest BCUT2D eigenvalue weighted by atomic mass is 9.82. The molecule has 20 heavy (non-hydrogen) atoms. The van der Waals surface area contributed by atoms with Crippen molar-refractivity contribution in [1.82, 2.24) is 10.5 Å². The molecule has 1 aromatic carbocycles. The van der Waals surface area contributed by atoms with Crippen LogP contribution in [-0.4, -0.2) is 28.8 Å². The molecule has 1 saturated carbocycles. The summed E-state index contributed by atoms with van der Waals surface area (Å²) < 4.78 is 5.19. The summed E-state index contributed by atoms with van der Waals surface area (Å²) in [4.78, 5) is 11.9. The number of carbonyl (C=O) groups is 1. The lowest BCUT2D eigenvalue weighted by molar-refractivity contribution is 0.0419. The summed E-state index contributed by atoms with van der Waals surface area (Å²) in [7, 11) is 0. The largest absolute Gasteiger partial charge is 0.393 e. The van der Waals surface area contributed by atoms with Gasteiger partial charge in [-0.1, -0.05) is 35.5 Å². The lowest BCUT2D eigenvalue weighted by Crippen LogP contribution is -2.38. The van der Waals surface area contributed by atoms with Crippen molar-refractivity contribution in [3.8, 4) is 11.3 Å². The smallest absolute Gasteiger partial charge is 0.273 e. The number of aliphatic hydroxyl groups is 1. The molecule has 0 atom stereocenters. The zero-order valence-corrected chi connectivity index (χ0v) is 11.0. The van der Waals surface area contributed by atoms with Crippen LogP contribution in [0.4, 0.5) is 0 Å². The van der Waals surface area contributed by atoms with Crippen LogP contribution in [0.1, 0.15) is 23.3 Å². The summed E-state index contributed by atoms with van der Waals surface area (Å²) in [6.07, 6.45) is 1.32. The van der Waals surface area contributed by atoms with E-state index in [1.807, 2.05) is 30.3 Å². The van der Waals surface area contributed by atoms with Gasteiger partial charge in [-0.3, -0.25) is 4.79 Å². The quantitative estimate of drug-likeness (QED) is 0.890. The van der Waals surface area contributed by atoms with E-state index in [9.17, 15) is 9.90 Å². The van der Waals surface area contributed by atoms with Crippen LogP contribution in [0.25, 0.3) is 11.3 Å². The summed E-state index contributed by atoms with van der Waals surface area (Å²) in [5.41, 5.74) is 1.17. The zero-order chi connectivity index (χ0) is 13.9. The maximum Gasteiger partial charge on any atom is 0.273 e. The Morgan fingerprint density at radius 3 is 2.80 bits per heavy atom. The van der Waals surface area contributed by atoms with Crippen molar-refractivity contribution in [2.24, 2.45) is 5.92 Å². The number of amides is 1. The van der Waals surface area contributed by atoms with Crippen LogP contribution in [-0.2, 0) is 0 Å². The van der Waals surface area contributed by atoms with Gasteiger partial charge in [-0.2, -0.15) is 0 Å². The van der Waals surface area contributed by atoms with Gasteiger partial charge >= 0.3 is 0 Å². The van der Waals surface area contributed by atoms with E-state index in [-0.39, 0.29) is 17.7 Å². The molecule has 1 aliphatic rings. The summed E-state index contributed by atoms with van der Waals surface area (Å²) in [5.74, 6) is 0.710. The van der Waals surface area contributed by atoms with Crippen LogP contribution in [0.15, 0.2) is 40.9 Å². The van der Waals surface area contributed by atoms with E-state index in [1.54, 1.807) is 6.07 Å². The zero-order valence-electron chi connectivity index (χ0n) is 11.0. The molecule has 0 unspecified atom stereocenters. The molecule has 1 heterocycles. The topological polar surface area (TPSA) is 75.4 Å². The molecule has 0 aliphatic heterocycles. The maximum atomic E-state index is 11.9. The van der Waals surface area contributed by atoms with Crippen molar-refractivity contribution in [2.75, 3.05) is 6.54 Å². The van der Waals surface area contributed by atoms with Gasteiger partial charge in [0, 0.05) is 18.2 Å². The van der Waals surface area contributed by atoms with E-state index < -0.39 is 0 Å². The fourth-order valence-corrected chi connectivity index (χ4v) is 2.32. The Morgan fingerprint density at radius 2 is 2.10 bits per heavy atom. The third kappa shape index (κ3) is 2.72. The Balaban J connectivity index is 1.60. The number of rotatable bonds is 4. The standard InChI is InChI=1S/C15H16N2O3/c18-12-6-10(7-12)9-16-15(19)13-8-14(20-17-13)11-4-2-1-3-5-11/h1-5,8,10,12,18H,6-7,9H2,(H,16,19). The summed E-state index contributed by atoms with van der Waals surface area (Å²) in [6.45, 7) is 0.573. The summed E-state index contributed by atoms with van der Waals surface area (Å²) >= 11 is 0. The monoisotopic (exact) mass is 272 g/mol. The number of carbonyl (C=O) groups excluding carboxylic acids is 1. The Labute approximate surface area is 116 Å². The first kappa shape index (κ1) is 12.9. The first-order valence-corrected chi connectivity index (χ1v) is 6.71. The van der Waals surface area contributed by atoms with Crippen molar-refractivity contribution >= 4 is 5.91 Å². The molecule has 5 nitrogen and oxygen atoms in total. The minimum absolute atomic E-state index is 0.200. The van der Waals surface area contributed by atoms with Crippen molar-refractivity contribution < 1.29 is 14.4 Å². The summed E-state index contributed by atoms with van der Waals surface area (Å²) in [5, 5.41) is 15.8. The lowest BCUT2D eigenvalue weighted by Gasteiger charge is -2.31. The van der Waals surface area contributed by atoms with Crippen LogP contribution in [0, 0.1) is 5.92 Å². The maximum absolute atomic E-state index is 11.9. The van der Waals surface area contributed by atoms with E-state index in [0.717, 1.165) is 18.4 Å². The molecule has 2 N–H and O–H groups in total. The molecule has 1 aromatic heterocycles. The number of hydrogen-bond donors (Lipinski definition) is 2. The van der Waals surface area contributed by atoms with Crippen LogP contribution < -0.4 is 5.32 Å². The van der Waals surface area contributed by atoms with Gasteiger partial charge in [0.25, 0.3) is 5.91 Å². The molecule has 2 aromatic rings. The second-order valence-corrected chi connectivity index (χ2v) is 5.14. The van der Waals surface area contributed by atoms with E-state index in [4.69, 9.17) is 4.52 Å². The van der Waals surface area contributed by atoms with E-state index >= 15 is 0 Å². The third-order valence-electron chi connectivity index (χ3n) is 3.56. The molecular formula is C15H16N2O3. The first-order valence-electron chi connectivity index (χ1n) is 6.71. The molecular weight excluding hydrogens is 256 g/mol. The molecule has 5 heteroatoms. The van der Waals surface area contributed by atoms with Gasteiger partial charge in [0.2, 0.25) is 0 Å². The van der Waals surface area contributed by atoms with Crippen LogP contribution in [0.3, 0.4) is 0 Å². The SMILES string of the molecule is O=C(NCC1CC(O)C1)c1cc(-c2ccccc2)on1. The fourth-order valence-electron chi connectivity index (χ4n) is 2.32. The van der Waals surface area contributed by atoms with Gasteiger partial charge in [0.15, 0.2) is 11.5 Å².